The number of anilines is 1. The highest BCUT2D eigenvalue weighted by atomic mass is 32.1. The Labute approximate surface area is 120 Å². The Bertz CT molecular complexity index is 401. The summed E-state index contributed by atoms with van der Waals surface area (Å²) in [5, 5.41) is 4.50. The van der Waals surface area contributed by atoms with Gasteiger partial charge in [0.1, 0.15) is 5.82 Å². The van der Waals surface area contributed by atoms with Gasteiger partial charge in [0, 0.05) is 30.1 Å². The molecule has 2 rings (SSSR count). The van der Waals surface area contributed by atoms with Crippen molar-refractivity contribution in [1.29, 1.82) is 0 Å². The Balaban J connectivity index is 1.98. The number of hydrogen-bond donors (Lipinski definition) is 1. The summed E-state index contributed by atoms with van der Waals surface area (Å²) in [5.74, 6) is 1.34. The van der Waals surface area contributed by atoms with E-state index in [0.29, 0.717) is 12.0 Å². The molecule has 1 aliphatic rings. The molecule has 0 aromatic carbocycles. The molecule has 1 fully saturated rings. The lowest BCUT2D eigenvalue weighted by Gasteiger charge is -2.40. The first-order valence-corrected chi connectivity index (χ1v) is 8.10. The van der Waals surface area contributed by atoms with Gasteiger partial charge in [-0.3, -0.25) is 0 Å². The minimum absolute atomic E-state index is 0.0570. The van der Waals surface area contributed by atoms with Gasteiger partial charge in [-0.15, -0.1) is 0 Å². The first-order chi connectivity index (χ1) is 9.08. The molecule has 1 aromatic rings. The number of hydrogen-bond acceptors (Lipinski definition) is 5. The zero-order chi connectivity index (χ0) is 13.9. The number of nitrogens with one attached hydrogen (secondary N) is 1. The summed E-state index contributed by atoms with van der Waals surface area (Å²) in [6.07, 6.45) is 4.28. The molecule has 4 nitrogen and oxygen atoms in total. The van der Waals surface area contributed by atoms with Crippen molar-refractivity contribution in [3.05, 3.63) is 5.82 Å². The second kappa shape index (κ2) is 6.18. The smallest absolute Gasteiger partial charge is 0.202 e. The topological polar surface area (TPSA) is 47.0 Å². The van der Waals surface area contributed by atoms with Gasteiger partial charge >= 0.3 is 0 Å². The maximum absolute atomic E-state index is 6.00. The average Bonchev–Trinajstić information content (AvgIpc) is 2.87. The lowest BCUT2D eigenvalue weighted by Crippen LogP contribution is -2.43. The van der Waals surface area contributed by atoms with Gasteiger partial charge < -0.3 is 10.1 Å². The molecule has 1 aromatic heterocycles. The van der Waals surface area contributed by atoms with Crippen LogP contribution in [0, 0.1) is 0 Å². The van der Waals surface area contributed by atoms with Crippen molar-refractivity contribution in [2.75, 3.05) is 11.9 Å². The van der Waals surface area contributed by atoms with Crippen molar-refractivity contribution in [3.8, 4) is 0 Å². The quantitative estimate of drug-likeness (QED) is 0.892. The highest BCUT2D eigenvalue weighted by Crippen LogP contribution is 2.33. The minimum Gasteiger partial charge on any atom is -0.375 e. The van der Waals surface area contributed by atoms with Crippen LogP contribution in [0.5, 0.6) is 0 Å². The summed E-state index contributed by atoms with van der Waals surface area (Å²) in [5.41, 5.74) is 0.0570. The van der Waals surface area contributed by atoms with Crippen LogP contribution in [0.1, 0.15) is 65.1 Å². The summed E-state index contributed by atoms with van der Waals surface area (Å²) >= 11 is 1.47. The molecule has 1 atom stereocenters. The molecule has 5 heteroatoms. The fourth-order valence-corrected chi connectivity index (χ4v) is 3.38. The summed E-state index contributed by atoms with van der Waals surface area (Å²) in [6.45, 7) is 9.52. The van der Waals surface area contributed by atoms with Crippen LogP contribution in [-0.4, -0.2) is 27.6 Å². The van der Waals surface area contributed by atoms with E-state index in [0.717, 1.165) is 43.2 Å². The summed E-state index contributed by atoms with van der Waals surface area (Å²) < 4.78 is 10.4. The van der Waals surface area contributed by atoms with E-state index in [2.05, 4.69) is 42.4 Å². The molecule has 1 N–H and O–H groups in total. The monoisotopic (exact) mass is 283 g/mol. The van der Waals surface area contributed by atoms with Gasteiger partial charge in [0.05, 0.1) is 5.60 Å². The summed E-state index contributed by atoms with van der Waals surface area (Å²) in [4.78, 5) is 4.56. The molecular weight excluding hydrogens is 258 g/mol. The molecule has 0 spiro atoms. The zero-order valence-electron chi connectivity index (χ0n) is 12.4. The first kappa shape index (κ1) is 14.7. The van der Waals surface area contributed by atoms with Crippen molar-refractivity contribution in [2.45, 2.75) is 70.9 Å². The largest absolute Gasteiger partial charge is 0.375 e. The number of aromatic nitrogens is 2. The van der Waals surface area contributed by atoms with Crippen molar-refractivity contribution >= 4 is 16.7 Å². The van der Waals surface area contributed by atoms with Crippen LogP contribution in [-0.2, 0) is 4.74 Å². The van der Waals surface area contributed by atoms with Crippen LogP contribution in [0.25, 0.3) is 0 Å². The third kappa shape index (κ3) is 3.45. The maximum Gasteiger partial charge on any atom is 0.202 e. The molecule has 1 aliphatic heterocycles. The highest BCUT2D eigenvalue weighted by molar-refractivity contribution is 7.09. The molecule has 1 unspecified atom stereocenters. The minimum atomic E-state index is 0.0570. The van der Waals surface area contributed by atoms with Gasteiger partial charge in [-0.25, -0.2) is 4.98 Å². The first-order valence-electron chi connectivity index (χ1n) is 7.32. The third-order valence-electron chi connectivity index (χ3n) is 4.07. The second-order valence-electron chi connectivity index (χ2n) is 5.69. The van der Waals surface area contributed by atoms with Gasteiger partial charge in [0.25, 0.3) is 0 Å². The Morgan fingerprint density at radius 1 is 1.42 bits per heavy atom. The predicted octanol–water partition coefficient (Wildman–Crippen LogP) is 3.81. The van der Waals surface area contributed by atoms with Crippen LogP contribution in [0.4, 0.5) is 5.13 Å². The normalized spacial score (nSPS) is 22.7. The van der Waals surface area contributed by atoms with Crippen molar-refractivity contribution in [1.82, 2.24) is 9.36 Å². The van der Waals surface area contributed by atoms with Crippen molar-refractivity contribution in [3.63, 3.8) is 0 Å². The fraction of sp³-hybridized carbons (Fsp3) is 0.857. The molecule has 0 bridgehead atoms. The second-order valence-corrected chi connectivity index (χ2v) is 6.44. The van der Waals surface area contributed by atoms with Crippen molar-refractivity contribution in [2.24, 2.45) is 0 Å². The molecule has 1 saturated heterocycles. The molecule has 108 valence electrons. The van der Waals surface area contributed by atoms with Gasteiger partial charge in [-0.1, -0.05) is 27.7 Å². The van der Waals surface area contributed by atoms with E-state index < -0.39 is 0 Å². The van der Waals surface area contributed by atoms with Crippen LogP contribution in [0.3, 0.4) is 0 Å². The fourth-order valence-electron chi connectivity index (χ4n) is 2.60. The average molecular weight is 283 g/mol. The van der Waals surface area contributed by atoms with E-state index in [1.165, 1.54) is 11.5 Å². The van der Waals surface area contributed by atoms with E-state index in [-0.39, 0.29) is 5.60 Å². The molecular formula is C14H25N3OS. The zero-order valence-corrected chi connectivity index (χ0v) is 13.2. The van der Waals surface area contributed by atoms with E-state index in [1.807, 2.05) is 0 Å². The van der Waals surface area contributed by atoms with Gasteiger partial charge in [0.2, 0.25) is 5.13 Å². The predicted molar refractivity (Wildman–Crippen MR) is 79.9 cm³/mol. The Morgan fingerprint density at radius 2 is 2.16 bits per heavy atom. The SMILES string of the molecule is CCC1(CC)CC(Nc2nc(C(C)C)ns2)CCO1. The molecule has 0 saturated carbocycles. The van der Waals surface area contributed by atoms with Crippen LogP contribution >= 0.6 is 11.5 Å². The van der Waals surface area contributed by atoms with Crippen LogP contribution in [0.15, 0.2) is 0 Å². The van der Waals surface area contributed by atoms with E-state index in [1.54, 1.807) is 0 Å². The molecule has 0 amide bonds. The standard InChI is InChI=1S/C14H25N3OS/c1-5-14(6-2)9-11(7-8-18-14)15-13-16-12(10(3)4)17-19-13/h10-11H,5-9H2,1-4H3,(H,15,16,17). The van der Waals surface area contributed by atoms with Gasteiger partial charge in [-0.05, 0) is 25.7 Å². The third-order valence-corrected chi connectivity index (χ3v) is 4.73. The van der Waals surface area contributed by atoms with Crippen LogP contribution < -0.4 is 5.32 Å². The van der Waals surface area contributed by atoms with E-state index in [4.69, 9.17) is 4.74 Å². The summed E-state index contributed by atoms with van der Waals surface area (Å²) in [6, 6.07) is 0.460. The summed E-state index contributed by atoms with van der Waals surface area (Å²) in [7, 11) is 0. The van der Waals surface area contributed by atoms with Gasteiger partial charge in [-0.2, -0.15) is 4.37 Å². The number of rotatable bonds is 5. The maximum atomic E-state index is 6.00. The molecule has 2 heterocycles. The lowest BCUT2D eigenvalue weighted by atomic mass is 9.86. The van der Waals surface area contributed by atoms with Gasteiger partial charge in [0.15, 0.2) is 0 Å². The van der Waals surface area contributed by atoms with Crippen LogP contribution in [0.2, 0.25) is 0 Å². The van der Waals surface area contributed by atoms with Crippen molar-refractivity contribution < 1.29 is 4.74 Å². The lowest BCUT2D eigenvalue weighted by molar-refractivity contribution is -0.0864. The number of ether oxygens (including phenoxy) is 1. The molecule has 0 aliphatic carbocycles. The molecule has 0 radical (unpaired) electrons. The van der Waals surface area contributed by atoms with E-state index >= 15 is 0 Å². The number of nitrogens with zero attached hydrogens (tertiary/aromatic N) is 2. The highest BCUT2D eigenvalue weighted by Gasteiger charge is 2.34. The molecule has 19 heavy (non-hydrogen) atoms. The Hall–Kier alpha value is -0.680. The Kier molecular flexibility index (Phi) is 4.79. The Morgan fingerprint density at radius 3 is 2.74 bits per heavy atom. The van der Waals surface area contributed by atoms with E-state index in [9.17, 15) is 0 Å².